The number of ether oxygens (including phenoxy) is 1. The van der Waals surface area contributed by atoms with Gasteiger partial charge in [0.05, 0.1) is 5.60 Å². The normalized spacial score (nSPS) is 11.5. The van der Waals surface area contributed by atoms with Crippen LogP contribution in [0.3, 0.4) is 0 Å². The first-order valence-electron chi connectivity index (χ1n) is 5.50. The zero-order valence-electron chi connectivity index (χ0n) is 10.5. The molecule has 0 fully saturated rings. The lowest BCUT2D eigenvalue weighted by Crippen LogP contribution is -2.25. The lowest BCUT2D eigenvalue weighted by molar-refractivity contribution is 0.0185. The molecule has 0 atom stereocenters. The fourth-order valence-corrected chi connectivity index (χ4v) is 1.80. The Bertz CT molecular complexity index is 325. The van der Waals surface area contributed by atoms with Gasteiger partial charge in [-0.05, 0) is 44.7 Å². The smallest absolute Gasteiger partial charge is 0.0639 e. The van der Waals surface area contributed by atoms with Crippen molar-refractivity contribution in [2.75, 3.05) is 25.2 Å². The molecule has 0 saturated carbocycles. The zero-order chi connectivity index (χ0) is 12.0. The van der Waals surface area contributed by atoms with E-state index in [0.29, 0.717) is 0 Å². The largest absolute Gasteiger partial charge is 0.385 e. The van der Waals surface area contributed by atoms with Crippen LogP contribution in [0.25, 0.3) is 0 Å². The molecule has 0 aromatic heterocycles. The predicted octanol–water partition coefficient (Wildman–Crippen LogP) is 3.64. The van der Waals surface area contributed by atoms with Gasteiger partial charge in [0.25, 0.3) is 0 Å². The second-order valence-electron chi connectivity index (χ2n) is 4.37. The summed E-state index contributed by atoms with van der Waals surface area (Å²) in [5, 5.41) is 3.42. The van der Waals surface area contributed by atoms with Gasteiger partial charge in [0, 0.05) is 24.2 Å². The Morgan fingerprint density at radius 2 is 2.12 bits per heavy atom. The molecule has 3 heteroatoms. The van der Waals surface area contributed by atoms with Gasteiger partial charge in [-0.3, -0.25) is 0 Å². The summed E-state index contributed by atoms with van der Waals surface area (Å²) in [6.07, 6.45) is 3.08. The molecule has 1 aromatic carbocycles. The van der Waals surface area contributed by atoms with Gasteiger partial charge >= 0.3 is 0 Å². The number of methoxy groups -OCH3 is 1. The van der Waals surface area contributed by atoms with Crippen LogP contribution in [0.15, 0.2) is 29.2 Å². The van der Waals surface area contributed by atoms with Crippen molar-refractivity contribution in [3.05, 3.63) is 24.3 Å². The van der Waals surface area contributed by atoms with E-state index in [0.717, 1.165) is 13.0 Å². The molecule has 1 N–H and O–H groups in total. The lowest BCUT2D eigenvalue weighted by Gasteiger charge is -2.23. The number of thioether (sulfide) groups is 1. The van der Waals surface area contributed by atoms with Crippen LogP contribution >= 0.6 is 11.8 Å². The van der Waals surface area contributed by atoms with Crippen molar-refractivity contribution < 1.29 is 4.74 Å². The summed E-state index contributed by atoms with van der Waals surface area (Å²) in [7, 11) is 1.76. The summed E-state index contributed by atoms with van der Waals surface area (Å²) in [6, 6.07) is 8.47. The molecule has 0 aliphatic carbocycles. The number of nitrogens with one attached hydrogen (secondary N) is 1. The third-order valence-electron chi connectivity index (χ3n) is 2.68. The Kier molecular flexibility index (Phi) is 5.16. The average molecular weight is 239 g/mol. The molecule has 2 nitrogen and oxygen atoms in total. The average Bonchev–Trinajstić information content (AvgIpc) is 2.29. The molecular formula is C13H21NOS. The van der Waals surface area contributed by atoms with E-state index in [1.165, 1.54) is 10.6 Å². The van der Waals surface area contributed by atoms with Crippen LogP contribution in [0.1, 0.15) is 20.3 Å². The highest BCUT2D eigenvalue weighted by Crippen LogP contribution is 2.19. The molecule has 0 aliphatic heterocycles. The fourth-order valence-electron chi connectivity index (χ4n) is 1.34. The van der Waals surface area contributed by atoms with Crippen LogP contribution in [0.4, 0.5) is 5.69 Å². The summed E-state index contributed by atoms with van der Waals surface area (Å²) in [5.74, 6) is 0. The highest BCUT2D eigenvalue weighted by Gasteiger charge is 2.14. The number of anilines is 1. The maximum Gasteiger partial charge on any atom is 0.0639 e. The third-order valence-corrected chi connectivity index (χ3v) is 3.40. The molecule has 0 amide bonds. The van der Waals surface area contributed by atoms with Gasteiger partial charge < -0.3 is 10.1 Å². The summed E-state index contributed by atoms with van der Waals surface area (Å²) in [6.45, 7) is 5.14. The van der Waals surface area contributed by atoms with Crippen molar-refractivity contribution in [3.63, 3.8) is 0 Å². The van der Waals surface area contributed by atoms with E-state index in [1.54, 1.807) is 18.9 Å². The lowest BCUT2D eigenvalue weighted by atomic mass is 10.1. The van der Waals surface area contributed by atoms with Crippen LogP contribution in [-0.2, 0) is 4.74 Å². The highest BCUT2D eigenvalue weighted by atomic mass is 32.2. The minimum Gasteiger partial charge on any atom is -0.385 e. The van der Waals surface area contributed by atoms with Gasteiger partial charge in [-0.15, -0.1) is 11.8 Å². The van der Waals surface area contributed by atoms with E-state index in [-0.39, 0.29) is 5.60 Å². The zero-order valence-corrected chi connectivity index (χ0v) is 11.4. The molecule has 16 heavy (non-hydrogen) atoms. The summed E-state index contributed by atoms with van der Waals surface area (Å²) < 4.78 is 5.38. The molecule has 0 saturated heterocycles. The molecule has 1 aromatic rings. The van der Waals surface area contributed by atoms with Crippen molar-refractivity contribution in [2.45, 2.75) is 30.8 Å². The molecule has 0 radical (unpaired) electrons. The first-order chi connectivity index (χ1) is 7.57. The van der Waals surface area contributed by atoms with Crippen LogP contribution < -0.4 is 5.32 Å². The van der Waals surface area contributed by atoms with E-state index in [9.17, 15) is 0 Å². The summed E-state index contributed by atoms with van der Waals surface area (Å²) in [5.41, 5.74) is 1.13. The Labute approximate surface area is 103 Å². The van der Waals surface area contributed by atoms with Crippen molar-refractivity contribution in [1.82, 2.24) is 0 Å². The Morgan fingerprint density at radius 1 is 1.38 bits per heavy atom. The van der Waals surface area contributed by atoms with Gasteiger partial charge in [0.2, 0.25) is 0 Å². The second-order valence-corrected chi connectivity index (χ2v) is 5.25. The monoisotopic (exact) mass is 239 g/mol. The van der Waals surface area contributed by atoms with Crippen LogP contribution in [0.5, 0.6) is 0 Å². The Hall–Kier alpha value is -0.670. The Morgan fingerprint density at radius 3 is 2.75 bits per heavy atom. The number of benzene rings is 1. The van der Waals surface area contributed by atoms with Gasteiger partial charge in [-0.2, -0.15) is 0 Å². The van der Waals surface area contributed by atoms with Crippen molar-refractivity contribution in [1.29, 1.82) is 0 Å². The van der Waals surface area contributed by atoms with E-state index < -0.39 is 0 Å². The quantitative estimate of drug-likeness (QED) is 0.766. The van der Waals surface area contributed by atoms with Gasteiger partial charge in [-0.25, -0.2) is 0 Å². The second kappa shape index (κ2) is 6.16. The van der Waals surface area contributed by atoms with Gasteiger partial charge in [0.1, 0.15) is 0 Å². The maximum atomic E-state index is 5.38. The predicted molar refractivity (Wildman–Crippen MR) is 72.4 cm³/mol. The van der Waals surface area contributed by atoms with Crippen LogP contribution in [-0.4, -0.2) is 25.5 Å². The van der Waals surface area contributed by atoms with E-state index in [2.05, 4.69) is 49.7 Å². The molecule has 0 bridgehead atoms. The summed E-state index contributed by atoms with van der Waals surface area (Å²) in [4.78, 5) is 1.29. The standard InChI is InChI=1S/C13H21NOS/c1-13(2,15-3)8-9-14-11-6-5-7-12(10-11)16-4/h5-7,10,14H,8-9H2,1-4H3. The van der Waals surface area contributed by atoms with Crippen LogP contribution in [0, 0.1) is 0 Å². The molecule has 0 unspecified atom stereocenters. The third kappa shape index (κ3) is 4.45. The number of hydrogen-bond acceptors (Lipinski definition) is 3. The van der Waals surface area contributed by atoms with E-state index in [1.807, 2.05) is 0 Å². The highest BCUT2D eigenvalue weighted by molar-refractivity contribution is 7.98. The van der Waals surface area contributed by atoms with Crippen molar-refractivity contribution >= 4 is 17.4 Å². The van der Waals surface area contributed by atoms with Gasteiger partial charge in [-0.1, -0.05) is 6.07 Å². The maximum absolute atomic E-state index is 5.38. The minimum absolute atomic E-state index is 0.0515. The molecular weight excluding hydrogens is 218 g/mol. The van der Waals surface area contributed by atoms with E-state index >= 15 is 0 Å². The molecule has 1 rings (SSSR count). The minimum atomic E-state index is -0.0515. The van der Waals surface area contributed by atoms with Gasteiger partial charge in [0.15, 0.2) is 0 Å². The molecule has 0 spiro atoms. The fraction of sp³-hybridized carbons (Fsp3) is 0.538. The van der Waals surface area contributed by atoms with Crippen LogP contribution in [0.2, 0.25) is 0 Å². The van der Waals surface area contributed by atoms with E-state index in [4.69, 9.17) is 4.74 Å². The summed E-state index contributed by atoms with van der Waals surface area (Å²) >= 11 is 1.76. The molecule has 0 aliphatic rings. The first kappa shape index (κ1) is 13.4. The topological polar surface area (TPSA) is 21.3 Å². The molecule has 0 heterocycles. The number of rotatable bonds is 6. The SMILES string of the molecule is COC(C)(C)CCNc1cccc(SC)c1. The first-order valence-corrected chi connectivity index (χ1v) is 6.73. The molecule has 90 valence electrons. The number of hydrogen-bond donors (Lipinski definition) is 1. The van der Waals surface area contributed by atoms with Crippen molar-refractivity contribution in [2.24, 2.45) is 0 Å². The van der Waals surface area contributed by atoms with Crippen molar-refractivity contribution in [3.8, 4) is 0 Å². The Balaban J connectivity index is 2.42.